The molecule has 0 saturated heterocycles. The molecule has 1 fully saturated rings. The highest BCUT2D eigenvalue weighted by Gasteiger charge is 2.32. The number of nitrogens with zero attached hydrogens (tertiary/aromatic N) is 1. The minimum atomic E-state index is -0.215. The average Bonchev–Trinajstić information content (AvgIpc) is 3.16. The van der Waals surface area contributed by atoms with Gasteiger partial charge in [0.2, 0.25) is 5.91 Å². The van der Waals surface area contributed by atoms with Gasteiger partial charge in [-0.2, -0.15) is 0 Å². The first kappa shape index (κ1) is 17.0. The lowest BCUT2D eigenvalue weighted by molar-refractivity contribution is -0.120. The summed E-state index contributed by atoms with van der Waals surface area (Å²) in [4.78, 5) is 17.9. The van der Waals surface area contributed by atoms with E-state index >= 15 is 0 Å². The van der Waals surface area contributed by atoms with Crippen LogP contribution in [-0.4, -0.2) is 17.4 Å². The summed E-state index contributed by atoms with van der Waals surface area (Å²) < 4.78 is 13.8. The zero-order chi connectivity index (χ0) is 17.1. The van der Waals surface area contributed by atoms with Gasteiger partial charge in [-0.05, 0) is 43.9 Å². The minimum absolute atomic E-state index is 0.00846. The zero-order valence-electron chi connectivity index (χ0n) is 13.7. The van der Waals surface area contributed by atoms with Gasteiger partial charge in [0.1, 0.15) is 5.82 Å². The number of carbonyl (C=O) groups excluding carboxylic acids is 1. The van der Waals surface area contributed by atoms with Crippen LogP contribution in [0.5, 0.6) is 0 Å². The highest BCUT2D eigenvalue weighted by Crippen LogP contribution is 2.33. The van der Waals surface area contributed by atoms with Crippen molar-refractivity contribution in [1.82, 2.24) is 4.98 Å². The molecule has 4 nitrogen and oxygen atoms in total. The molecule has 3 N–H and O–H groups in total. The third-order valence-electron chi connectivity index (χ3n) is 4.73. The average molecular weight is 347 g/mol. The topological polar surface area (TPSA) is 68.0 Å². The minimum Gasteiger partial charge on any atom is -0.330 e. The smallest absolute Gasteiger partial charge is 0.229 e. The van der Waals surface area contributed by atoms with Gasteiger partial charge in [-0.15, -0.1) is 11.3 Å². The Labute approximate surface area is 145 Å². The van der Waals surface area contributed by atoms with Crippen LogP contribution < -0.4 is 11.1 Å². The van der Waals surface area contributed by atoms with Gasteiger partial charge < -0.3 is 11.1 Å². The maximum Gasteiger partial charge on any atom is 0.229 e. The van der Waals surface area contributed by atoms with Gasteiger partial charge in [0.15, 0.2) is 5.13 Å². The van der Waals surface area contributed by atoms with Crippen molar-refractivity contribution in [1.29, 1.82) is 0 Å². The normalized spacial score (nSPS) is 20.3. The van der Waals surface area contributed by atoms with Gasteiger partial charge in [0, 0.05) is 17.2 Å². The number of thiazole rings is 1. The highest BCUT2D eigenvalue weighted by molar-refractivity contribution is 7.15. The Kier molecular flexibility index (Phi) is 5.26. The number of anilines is 1. The largest absolute Gasteiger partial charge is 0.330 e. The maximum absolute atomic E-state index is 13.8. The van der Waals surface area contributed by atoms with E-state index in [1.165, 1.54) is 17.4 Å². The van der Waals surface area contributed by atoms with E-state index < -0.39 is 0 Å². The number of aryl methyl sites for hydroxylation is 1. The molecule has 1 aromatic carbocycles. The monoisotopic (exact) mass is 347 g/mol. The fourth-order valence-electron chi connectivity index (χ4n) is 3.32. The number of nitrogens with one attached hydrogen (secondary N) is 1. The van der Waals surface area contributed by atoms with E-state index in [1.807, 2.05) is 13.0 Å². The molecule has 128 valence electrons. The molecule has 3 rings (SSSR count). The van der Waals surface area contributed by atoms with E-state index in [9.17, 15) is 9.18 Å². The fraction of sp³-hybridized carbons (Fsp3) is 0.444. The third kappa shape index (κ3) is 3.65. The zero-order valence-corrected chi connectivity index (χ0v) is 14.5. The first-order valence-corrected chi connectivity index (χ1v) is 9.10. The van der Waals surface area contributed by atoms with E-state index in [4.69, 9.17) is 5.73 Å². The molecule has 1 saturated carbocycles. The lowest BCUT2D eigenvalue weighted by Crippen LogP contribution is -2.29. The molecule has 1 aliphatic carbocycles. The first-order chi connectivity index (χ1) is 11.6. The molecular weight excluding hydrogens is 325 g/mol. The van der Waals surface area contributed by atoms with E-state index in [0.29, 0.717) is 23.7 Å². The van der Waals surface area contributed by atoms with Gasteiger partial charge in [0.25, 0.3) is 0 Å². The second kappa shape index (κ2) is 7.40. The van der Waals surface area contributed by atoms with Crippen LogP contribution in [0.2, 0.25) is 0 Å². The Bertz CT molecular complexity index is 731. The third-order valence-corrected chi connectivity index (χ3v) is 5.80. The van der Waals surface area contributed by atoms with E-state index in [0.717, 1.165) is 29.8 Å². The van der Waals surface area contributed by atoms with Crippen molar-refractivity contribution in [2.75, 3.05) is 11.9 Å². The van der Waals surface area contributed by atoms with Crippen LogP contribution in [-0.2, 0) is 11.2 Å². The molecule has 0 unspecified atom stereocenters. The van der Waals surface area contributed by atoms with Crippen molar-refractivity contribution in [3.05, 3.63) is 46.2 Å². The lowest BCUT2D eigenvalue weighted by atomic mass is 9.95. The first-order valence-electron chi connectivity index (χ1n) is 8.29. The molecule has 1 aromatic heterocycles. The summed E-state index contributed by atoms with van der Waals surface area (Å²) in [6, 6.07) is 6.74. The standard InChI is InChI=1S/C18H22FN3OS/c1-11-16(9-12-5-2-3-8-15(12)19)24-18(21-11)22-17(23)14-7-4-6-13(14)10-20/h2-3,5,8,13-14H,4,6-7,9-10,20H2,1H3,(H,21,22,23)/t13-,14-/m1/s1. The van der Waals surface area contributed by atoms with Crippen molar-refractivity contribution < 1.29 is 9.18 Å². The van der Waals surface area contributed by atoms with E-state index in [2.05, 4.69) is 10.3 Å². The Morgan fingerprint density at radius 3 is 2.96 bits per heavy atom. The molecule has 2 atom stereocenters. The predicted molar refractivity (Wildman–Crippen MR) is 94.6 cm³/mol. The van der Waals surface area contributed by atoms with Crippen LogP contribution in [0.25, 0.3) is 0 Å². The highest BCUT2D eigenvalue weighted by atomic mass is 32.1. The van der Waals surface area contributed by atoms with Gasteiger partial charge in [0.05, 0.1) is 5.69 Å². The van der Waals surface area contributed by atoms with Crippen molar-refractivity contribution in [2.24, 2.45) is 17.6 Å². The molecule has 1 amide bonds. The van der Waals surface area contributed by atoms with Gasteiger partial charge in [-0.1, -0.05) is 24.6 Å². The molecule has 6 heteroatoms. The lowest BCUT2D eigenvalue weighted by Gasteiger charge is -2.16. The summed E-state index contributed by atoms with van der Waals surface area (Å²) in [7, 11) is 0. The van der Waals surface area contributed by atoms with Gasteiger partial charge in [-0.3, -0.25) is 4.79 Å². The number of rotatable bonds is 5. The Hall–Kier alpha value is -1.79. The summed E-state index contributed by atoms with van der Waals surface area (Å²) in [6.07, 6.45) is 3.44. The number of amides is 1. The number of benzene rings is 1. The van der Waals surface area contributed by atoms with Crippen molar-refractivity contribution in [3.8, 4) is 0 Å². The summed E-state index contributed by atoms with van der Waals surface area (Å²) in [5, 5.41) is 3.52. The van der Waals surface area contributed by atoms with Gasteiger partial charge in [-0.25, -0.2) is 9.37 Å². The molecular formula is C18H22FN3OS. The maximum atomic E-state index is 13.8. The molecule has 2 aromatic rings. The van der Waals surface area contributed by atoms with Crippen LogP contribution in [0.1, 0.15) is 35.4 Å². The van der Waals surface area contributed by atoms with Crippen LogP contribution in [0.4, 0.5) is 9.52 Å². The summed E-state index contributed by atoms with van der Waals surface area (Å²) in [5.41, 5.74) is 7.23. The number of hydrogen-bond donors (Lipinski definition) is 2. The van der Waals surface area contributed by atoms with E-state index in [1.54, 1.807) is 12.1 Å². The SMILES string of the molecule is Cc1nc(NC(=O)[C@@H]2CCC[C@@H]2CN)sc1Cc1ccccc1F. The molecule has 0 aliphatic heterocycles. The second-order valence-corrected chi connectivity index (χ2v) is 7.40. The van der Waals surface area contributed by atoms with Gasteiger partial charge >= 0.3 is 0 Å². The molecule has 1 heterocycles. The molecule has 0 spiro atoms. The molecule has 1 aliphatic rings. The fourth-order valence-corrected chi connectivity index (χ4v) is 4.31. The van der Waals surface area contributed by atoms with Crippen molar-refractivity contribution >= 4 is 22.4 Å². The molecule has 24 heavy (non-hydrogen) atoms. The second-order valence-electron chi connectivity index (χ2n) is 6.32. The quantitative estimate of drug-likeness (QED) is 0.870. The number of halogens is 1. The number of carbonyl (C=O) groups is 1. The van der Waals surface area contributed by atoms with Crippen molar-refractivity contribution in [3.63, 3.8) is 0 Å². The van der Waals surface area contributed by atoms with Crippen molar-refractivity contribution in [2.45, 2.75) is 32.6 Å². The van der Waals surface area contributed by atoms with Crippen LogP contribution in [0.15, 0.2) is 24.3 Å². The molecule has 0 radical (unpaired) electrons. The Balaban J connectivity index is 1.70. The van der Waals surface area contributed by atoms with E-state index in [-0.39, 0.29) is 23.6 Å². The summed E-state index contributed by atoms with van der Waals surface area (Å²) in [6.45, 7) is 2.44. The molecule has 0 bridgehead atoms. The van der Waals surface area contributed by atoms with Crippen LogP contribution >= 0.6 is 11.3 Å². The number of aromatic nitrogens is 1. The summed E-state index contributed by atoms with van der Waals surface area (Å²) in [5.74, 6) is 0.0416. The number of hydrogen-bond acceptors (Lipinski definition) is 4. The predicted octanol–water partition coefficient (Wildman–Crippen LogP) is 3.49. The number of nitrogens with two attached hydrogens (primary N) is 1. The summed E-state index contributed by atoms with van der Waals surface area (Å²) >= 11 is 1.42. The van der Waals surface area contributed by atoms with Crippen LogP contribution in [0, 0.1) is 24.6 Å². The Morgan fingerprint density at radius 1 is 1.42 bits per heavy atom. The Morgan fingerprint density at radius 2 is 2.21 bits per heavy atom. The van der Waals surface area contributed by atoms with Crippen LogP contribution in [0.3, 0.4) is 0 Å².